The van der Waals surface area contributed by atoms with Gasteiger partial charge in [0.1, 0.15) is 17.1 Å². The van der Waals surface area contributed by atoms with Gasteiger partial charge >= 0.3 is 5.97 Å². The number of phenols is 1. The number of thioether (sulfide) groups is 1. The van der Waals surface area contributed by atoms with E-state index >= 15 is 0 Å². The maximum Gasteiger partial charge on any atom is 0.339 e. The Morgan fingerprint density at radius 1 is 0.903 bits per heavy atom. The fraction of sp³-hybridized carbons (Fsp3) is 0.0455. The number of hydrogen-bond acceptors (Lipinski definition) is 5. The maximum absolute atomic E-state index is 13.0. The lowest BCUT2D eigenvalue weighted by atomic mass is 10.2. The number of hydrogen-bond donors (Lipinski definition) is 4. The van der Waals surface area contributed by atoms with E-state index in [9.17, 15) is 23.9 Å². The first-order valence-corrected chi connectivity index (χ1v) is 9.96. The van der Waals surface area contributed by atoms with Gasteiger partial charge in [-0.15, -0.1) is 11.8 Å². The predicted octanol–water partition coefficient (Wildman–Crippen LogP) is 4.21. The number of anilines is 2. The number of nitrogens with one attached hydrogen (secondary N) is 2. The highest BCUT2D eigenvalue weighted by Gasteiger charge is 2.12. The quantitative estimate of drug-likeness (QED) is 0.323. The first-order chi connectivity index (χ1) is 14.8. The number of carboxylic acid groups (broad SMARTS) is 1. The molecular weight excluding hydrogens is 423 g/mol. The molecule has 0 aromatic heterocycles. The van der Waals surface area contributed by atoms with Crippen LogP contribution >= 0.6 is 11.8 Å². The molecule has 0 saturated heterocycles. The summed E-state index contributed by atoms with van der Waals surface area (Å²) in [7, 11) is 0. The van der Waals surface area contributed by atoms with Gasteiger partial charge in [-0.3, -0.25) is 9.59 Å². The third-order valence-corrected chi connectivity index (χ3v) is 5.07. The molecule has 4 N–H and O–H groups in total. The fourth-order valence-corrected chi connectivity index (χ4v) is 3.35. The van der Waals surface area contributed by atoms with Gasteiger partial charge in [0, 0.05) is 21.8 Å². The molecule has 0 saturated carbocycles. The molecule has 2 amide bonds. The van der Waals surface area contributed by atoms with Crippen LogP contribution in [0.4, 0.5) is 15.8 Å². The second-order valence-electron chi connectivity index (χ2n) is 6.36. The standard InChI is InChI=1S/C22H17FN2O5S/c23-14-6-4-13(5-7-14)21(28)25-15-2-1-3-17(10-15)31-12-20(27)24-16-8-9-19(26)18(11-16)22(29)30/h1-11,26H,12H2,(H,24,27)(H,25,28)(H,29,30). The lowest BCUT2D eigenvalue weighted by Gasteiger charge is -2.09. The molecule has 0 aliphatic rings. The van der Waals surface area contributed by atoms with Crippen LogP contribution < -0.4 is 10.6 Å². The molecule has 0 radical (unpaired) electrons. The fourth-order valence-electron chi connectivity index (χ4n) is 2.60. The second-order valence-corrected chi connectivity index (χ2v) is 7.41. The molecule has 31 heavy (non-hydrogen) atoms. The van der Waals surface area contributed by atoms with E-state index in [0.29, 0.717) is 11.3 Å². The molecule has 0 spiro atoms. The van der Waals surface area contributed by atoms with Gasteiger partial charge in [-0.2, -0.15) is 0 Å². The van der Waals surface area contributed by atoms with E-state index in [0.717, 1.165) is 4.90 Å². The normalized spacial score (nSPS) is 10.4. The molecule has 0 atom stereocenters. The van der Waals surface area contributed by atoms with E-state index in [1.807, 2.05) is 0 Å². The minimum Gasteiger partial charge on any atom is -0.507 e. The van der Waals surface area contributed by atoms with Crippen molar-refractivity contribution in [3.05, 3.63) is 83.7 Å². The van der Waals surface area contributed by atoms with E-state index in [-0.39, 0.29) is 34.6 Å². The second kappa shape index (κ2) is 9.77. The zero-order valence-electron chi connectivity index (χ0n) is 16.0. The van der Waals surface area contributed by atoms with Gasteiger partial charge in [0.15, 0.2) is 0 Å². The van der Waals surface area contributed by atoms with Crippen molar-refractivity contribution >= 4 is 40.9 Å². The molecule has 0 unspecified atom stereocenters. The van der Waals surface area contributed by atoms with Crippen LogP contribution in [-0.4, -0.2) is 33.7 Å². The summed E-state index contributed by atoms with van der Waals surface area (Å²) in [4.78, 5) is 36.2. The Bertz CT molecular complexity index is 1140. The first-order valence-electron chi connectivity index (χ1n) is 8.98. The average molecular weight is 440 g/mol. The number of rotatable bonds is 7. The van der Waals surface area contributed by atoms with Gasteiger partial charge < -0.3 is 20.8 Å². The molecule has 7 nitrogen and oxygen atoms in total. The minimum absolute atomic E-state index is 0.0403. The highest BCUT2D eigenvalue weighted by Crippen LogP contribution is 2.24. The van der Waals surface area contributed by atoms with Gasteiger partial charge in [0.2, 0.25) is 5.91 Å². The smallest absolute Gasteiger partial charge is 0.339 e. The number of aromatic carboxylic acids is 1. The third-order valence-electron chi connectivity index (χ3n) is 4.08. The molecule has 3 aromatic rings. The highest BCUT2D eigenvalue weighted by atomic mass is 32.2. The zero-order chi connectivity index (χ0) is 22.4. The SMILES string of the molecule is O=C(CSc1cccc(NC(=O)c2ccc(F)cc2)c1)Nc1ccc(O)c(C(=O)O)c1. The first kappa shape index (κ1) is 21.8. The van der Waals surface area contributed by atoms with Gasteiger partial charge in [0.05, 0.1) is 5.75 Å². The van der Waals surface area contributed by atoms with Crippen LogP contribution in [0.1, 0.15) is 20.7 Å². The summed E-state index contributed by atoms with van der Waals surface area (Å²) in [6, 6.07) is 15.8. The highest BCUT2D eigenvalue weighted by molar-refractivity contribution is 8.00. The lowest BCUT2D eigenvalue weighted by Crippen LogP contribution is -2.14. The summed E-state index contributed by atoms with van der Waals surface area (Å²) < 4.78 is 13.0. The van der Waals surface area contributed by atoms with E-state index in [4.69, 9.17) is 5.11 Å². The molecule has 158 valence electrons. The van der Waals surface area contributed by atoms with E-state index in [1.165, 1.54) is 54.2 Å². The Kier molecular flexibility index (Phi) is 6.88. The lowest BCUT2D eigenvalue weighted by molar-refractivity contribution is -0.113. The molecule has 0 aliphatic carbocycles. The third kappa shape index (κ3) is 6.06. The molecular formula is C22H17FN2O5S. The van der Waals surface area contributed by atoms with Crippen molar-refractivity contribution < 1.29 is 29.0 Å². The van der Waals surface area contributed by atoms with Crippen LogP contribution in [0.2, 0.25) is 0 Å². The van der Waals surface area contributed by atoms with Crippen molar-refractivity contribution in [1.29, 1.82) is 0 Å². The monoisotopic (exact) mass is 440 g/mol. The number of carbonyl (C=O) groups is 3. The predicted molar refractivity (Wildman–Crippen MR) is 115 cm³/mol. The Morgan fingerprint density at radius 2 is 1.61 bits per heavy atom. The molecule has 0 fully saturated rings. The van der Waals surface area contributed by atoms with E-state index in [1.54, 1.807) is 24.3 Å². The molecule has 3 aromatic carbocycles. The number of amides is 2. The van der Waals surface area contributed by atoms with E-state index < -0.39 is 11.8 Å². The summed E-state index contributed by atoms with van der Waals surface area (Å²) in [6.07, 6.45) is 0. The van der Waals surface area contributed by atoms with Crippen LogP contribution in [-0.2, 0) is 4.79 Å². The molecule has 0 heterocycles. The van der Waals surface area contributed by atoms with Crippen LogP contribution in [0.3, 0.4) is 0 Å². The van der Waals surface area contributed by atoms with Crippen LogP contribution in [0.15, 0.2) is 71.6 Å². The summed E-state index contributed by atoms with van der Waals surface area (Å²) in [5.74, 6) is -2.84. The number of halogens is 1. The summed E-state index contributed by atoms with van der Waals surface area (Å²) in [5, 5.41) is 23.8. The van der Waals surface area contributed by atoms with Crippen LogP contribution in [0.25, 0.3) is 0 Å². The number of benzene rings is 3. The number of carboxylic acids is 1. The maximum atomic E-state index is 13.0. The molecule has 0 bridgehead atoms. The average Bonchev–Trinajstić information content (AvgIpc) is 2.74. The summed E-state index contributed by atoms with van der Waals surface area (Å²) in [6.45, 7) is 0. The van der Waals surface area contributed by atoms with Crippen molar-refractivity contribution in [2.24, 2.45) is 0 Å². The molecule has 9 heteroatoms. The van der Waals surface area contributed by atoms with Crippen LogP contribution in [0, 0.1) is 5.82 Å². The van der Waals surface area contributed by atoms with Gasteiger partial charge in [-0.05, 0) is 60.7 Å². The number of aromatic hydroxyl groups is 1. The molecule has 0 aliphatic heterocycles. The van der Waals surface area contributed by atoms with Crippen molar-refractivity contribution in [2.45, 2.75) is 4.90 Å². The number of carbonyl (C=O) groups excluding carboxylic acids is 2. The van der Waals surface area contributed by atoms with Crippen molar-refractivity contribution in [3.8, 4) is 5.75 Å². The van der Waals surface area contributed by atoms with Crippen molar-refractivity contribution in [2.75, 3.05) is 16.4 Å². The van der Waals surface area contributed by atoms with E-state index in [2.05, 4.69) is 10.6 Å². The van der Waals surface area contributed by atoms with Gasteiger partial charge in [-0.1, -0.05) is 6.07 Å². The van der Waals surface area contributed by atoms with Crippen LogP contribution in [0.5, 0.6) is 5.75 Å². The topological polar surface area (TPSA) is 116 Å². The van der Waals surface area contributed by atoms with Gasteiger partial charge in [0.25, 0.3) is 5.91 Å². The van der Waals surface area contributed by atoms with Crippen molar-refractivity contribution in [3.63, 3.8) is 0 Å². The Labute approximate surface area is 180 Å². The zero-order valence-corrected chi connectivity index (χ0v) is 16.8. The summed E-state index contributed by atoms with van der Waals surface area (Å²) in [5.41, 5.74) is 0.772. The Balaban J connectivity index is 1.58. The largest absolute Gasteiger partial charge is 0.507 e. The van der Waals surface area contributed by atoms with Crippen molar-refractivity contribution in [1.82, 2.24) is 0 Å². The van der Waals surface area contributed by atoms with Gasteiger partial charge in [-0.25, -0.2) is 9.18 Å². The summed E-state index contributed by atoms with van der Waals surface area (Å²) >= 11 is 1.22. The molecule has 3 rings (SSSR count). The Hall–Kier alpha value is -3.85. The Morgan fingerprint density at radius 3 is 2.32 bits per heavy atom. The minimum atomic E-state index is -1.30.